The Morgan fingerprint density at radius 2 is 1.65 bits per heavy atom. The molecule has 2 saturated heterocycles. The van der Waals surface area contributed by atoms with E-state index in [4.69, 9.17) is 14.7 Å². The van der Waals surface area contributed by atoms with Crippen LogP contribution in [0.3, 0.4) is 0 Å². The van der Waals surface area contributed by atoms with Crippen LogP contribution >= 0.6 is 0 Å². The topological polar surface area (TPSA) is 99.0 Å². The molecule has 2 aromatic heterocycles. The first-order chi connectivity index (χ1) is 23.2. The molecule has 2 N–H and O–H groups in total. The number of likely N-dealkylation sites (N-methyl/N-ethyl adjacent to an activating group) is 1. The Hall–Kier alpha value is -3.99. The molecular formula is C38H49N7O3. The number of pyridine rings is 1. The molecule has 2 aromatic carbocycles. The predicted molar refractivity (Wildman–Crippen MR) is 191 cm³/mol. The van der Waals surface area contributed by atoms with Gasteiger partial charge in [0.2, 0.25) is 5.95 Å². The van der Waals surface area contributed by atoms with E-state index < -0.39 is 5.60 Å². The molecule has 4 aromatic rings. The number of nitrogens with one attached hydrogen (secondary N) is 1. The third-order valence-corrected chi connectivity index (χ3v) is 10.8. The number of fused-ring (bicyclic) bond motifs is 1. The van der Waals surface area contributed by atoms with Crippen LogP contribution in [0.1, 0.15) is 67.5 Å². The van der Waals surface area contributed by atoms with E-state index in [2.05, 4.69) is 49.8 Å². The maximum absolute atomic E-state index is 13.9. The summed E-state index contributed by atoms with van der Waals surface area (Å²) in [6.07, 6.45) is 5.37. The highest BCUT2D eigenvalue weighted by Gasteiger charge is 2.33. The van der Waals surface area contributed by atoms with E-state index in [1.165, 1.54) is 18.5 Å². The van der Waals surface area contributed by atoms with E-state index in [0.29, 0.717) is 41.8 Å². The molecule has 1 amide bonds. The van der Waals surface area contributed by atoms with Gasteiger partial charge >= 0.3 is 0 Å². The van der Waals surface area contributed by atoms with Gasteiger partial charge in [-0.05, 0) is 102 Å². The summed E-state index contributed by atoms with van der Waals surface area (Å²) < 4.78 is 7.80. The molecule has 254 valence electrons. The second kappa shape index (κ2) is 13.5. The number of carbonyl (C=O) groups is 1. The summed E-state index contributed by atoms with van der Waals surface area (Å²) in [5, 5.41) is 14.0. The molecule has 0 bridgehead atoms. The number of aromatic nitrogens is 3. The van der Waals surface area contributed by atoms with Gasteiger partial charge in [0.1, 0.15) is 5.75 Å². The fraction of sp³-hybridized carbons (Fsp3) is 0.500. The quantitative estimate of drug-likeness (QED) is 0.261. The number of piperazine rings is 1. The first-order valence-electron chi connectivity index (χ1n) is 17.5. The monoisotopic (exact) mass is 651 g/mol. The number of amides is 1. The van der Waals surface area contributed by atoms with Crippen molar-refractivity contribution in [2.24, 2.45) is 0 Å². The average Bonchev–Trinajstić information content (AvgIpc) is 3.45. The number of aliphatic hydroxyl groups is 1. The SMILES string of the molecule is COc1ccccc1-c1cc(C(=O)Nc2nc3ccc(N4CCC(N5CCN(C)CC5)CC4)cc3n2[C@H]2CC[C@@](C)(O)CC2)cc(C)n1. The average molecular weight is 652 g/mol. The van der Waals surface area contributed by atoms with Crippen molar-refractivity contribution in [1.82, 2.24) is 24.3 Å². The summed E-state index contributed by atoms with van der Waals surface area (Å²) in [6, 6.07) is 18.6. The summed E-state index contributed by atoms with van der Waals surface area (Å²) in [7, 11) is 3.85. The van der Waals surface area contributed by atoms with Crippen LogP contribution in [0.15, 0.2) is 54.6 Å². The Kier molecular flexibility index (Phi) is 9.15. The lowest BCUT2D eigenvalue weighted by molar-refractivity contribution is 0.0106. The summed E-state index contributed by atoms with van der Waals surface area (Å²) >= 11 is 0. The molecule has 0 unspecified atom stereocenters. The normalized spacial score (nSPS) is 23.0. The molecule has 7 rings (SSSR count). The zero-order valence-electron chi connectivity index (χ0n) is 28.8. The Bertz CT molecular complexity index is 1760. The van der Waals surface area contributed by atoms with Crippen LogP contribution in [0.25, 0.3) is 22.3 Å². The number of rotatable bonds is 7. The maximum Gasteiger partial charge on any atom is 0.258 e. The lowest BCUT2D eigenvalue weighted by Crippen LogP contribution is -2.52. The Labute approximate surface area is 283 Å². The third kappa shape index (κ3) is 6.79. The van der Waals surface area contributed by atoms with E-state index >= 15 is 0 Å². The number of hydrogen-bond acceptors (Lipinski definition) is 8. The number of imidazole rings is 1. The minimum absolute atomic E-state index is 0.118. The number of aryl methyl sites for hydroxylation is 1. The fourth-order valence-corrected chi connectivity index (χ4v) is 7.86. The number of nitrogens with zero attached hydrogens (tertiary/aromatic N) is 6. The summed E-state index contributed by atoms with van der Waals surface area (Å²) in [5.74, 6) is 1.01. The van der Waals surface area contributed by atoms with Gasteiger partial charge in [0.15, 0.2) is 0 Å². The third-order valence-electron chi connectivity index (χ3n) is 10.8. The first kappa shape index (κ1) is 32.6. The Morgan fingerprint density at radius 3 is 2.38 bits per heavy atom. The van der Waals surface area contributed by atoms with Crippen LogP contribution in [-0.4, -0.2) is 100 Å². The van der Waals surface area contributed by atoms with Crippen LogP contribution < -0.4 is 15.0 Å². The van der Waals surface area contributed by atoms with Gasteiger partial charge in [-0.2, -0.15) is 0 Å². The number of hydrogen-bond donors (Lipinski definition) is 2. The van der Waals surface area contributed by atoms with Gasteiger partial charge in [-0.3, -0.25) is 20.0 Å². The molecule has 48 heavy (non-hydrogen) atoms. The Balaban J connectivity index is 1.17. The standard InChI is InChI=1S/C38H49N7O3/c1-26-23-27(24-33(39-26)31-7-5-6-8-35(31)48-4)36(46)41-37-40-32-10-9-30(25-34(32)45(37)29-11-15-38(2,47)16-12-29)43-17-13-28(14-18-43)44-21-19-42(3)20-22-44/h5-10,23-25,28-29,47H,11-22H2,1-4H3,(H,40,41,46)/t29-,38+. The number of para-hydroxylation sites is 1. The molecular weight excluding hydrogens is 602 g/mol. The molecule has 3 fully saturated rings. The molecule has 2 aliphatic heterocycles. The zero-order valence-corrected chi connectivity index (χ0v) is 28.8. The lowest BCUT2D eigenvalue weighted by atomic mass is 9.83. The van der Waals surface area contributed by atoms with Crippen molar-refractivity contribution >= 4 is 28.6 Å². The number of anilines is 2. The number of benzene rings is 2. The molecule has 10 nitrogen and oxygen atoms in total. The van der Waals surface area contributed by atoms with Crippen LogP contribution in [0.5, 0.6) is 5.75 Å². The van der Waals surface area contributed by atoms with Gasteiger partial charge in [0.05, 0.1) is 29.4 Å². The molecule has 0 atom stereocenters. The molecule has 0 radical (unpaired) electrons. The van der Waals surface area contributed by atoms with Crippen molar-refractivity contribution in [3.63, 3.8) is 0 Å². The predicted octanol–water partition coefficient (Wildman–Crippen LogP) is 5.75. The largest absolute Gasteiger partial charge is 0.496 e. The van der Waals surface area contributed by atoms with Crippen molar-refractivity contribution in [2.75, 3.05) is 63.6 Å². The van der Waals surface area contributed by atoms with Crippen LogP contribution in [0, 0.1) is 6.92 Å². The maximum atomic E-state index is 13.9. The number of carbonyl (C=O) groups excluding carboxylic acids is 1. The molecule has 0 spiro atoms. The van der Waals surface area contributed by atoms with Crippen molar-refractivity contribution in [1.29, 1.82) is 0 Å². The van der Waals surface area contributed by atoms with Crippen LogP contribution in [-0.2, 0) is 0 Å². The van der Waals surface area contributed by atoms with Gasteiger partial charge in [0.25, 0.3) is 5.91 Å². The van der Waals surface area contributed by atoms with Gasteiger partial charge in [0, 0.05) is 73.9 Å². The van der Waals surface area contributed by atoms with Crippen molar-refractivity contribution < 1.29 is 14.6 Å². The van der Waals surface area contributed by atoms with Crippen molar-refractivity contribution in [3.8, 4) is 17.0 Å². The van der Waals surface area contributed by atoms with Gasteiger partial charge in [-0.1, -0.05) is 12.1 Å². The highest BCUT2D eigenvalue weighted by molar-refractivity contribution is 6.05. The summed E-state index contributed by atoms with van der Waals surface area (Å²) in [4.78, 5) is 31.3. The van der Waals surface area contributed by atoms with E-state index in [9.17, 15) is 9.90 Å². The number of piperidine rings is 1. The summed E-state index contributed by atoms with van der Waals surface area (Å²) in [6.45, 7) is 10.5. The number of ether oxygens (including phenoxy) is 1. The fourth-order valence-electron chi connectivity index (χ4n) is 7.86. The van der Waals surface area contributed by atoms with Gasteiger partial charge < -0.3 is 24.2 Å². The van der Waals surface area contributed by atoms with E-state index in [1.807, 2.05) is 50.2 Å². The van der Waals surface area contributed by atoms with E-state index in [0.717, 1.165) is 74.4 Å². The first-order valence-corrected chi connectivity index (χ1v) is 17.5. The second-order valence-electron chi connectivity index (χ2n) is 14.3. The van der Waals surface area contributed by atoms with E-state index in [1.54, 1.807) is 7.11 Å². The minimum Gasteiger partial charge on any atom is -0.496 e. The second-order valence-corrected chi connectivity index (χ2v) is 14.3. The minimum atomic E-state index is -0.668. The number of methoxy groups -OCH3 is 1. The Morgan fingerprint density at radius 1 is 0.917 bits per heavy atom. The lowest BCUT2D eigenvalue weighted by Gasteiger charge is -2.42. The van der Waals surface area contributed by atoms with Gasteiger partial charge in [-0.25, -0.2) is 4.98 Å². The molecule has 1 saturated carbocycles. The molecule has 1 aliphatic carbocycles. The smallest absolute Gasteiger partial charge is 0.258 e. The summed E-state index contributed by atoms with van der Waals surface area (Å²) in [5.41, 5.74) is 5.19. The molecule has 4 heterocycles. The van der Waals surface area contributed by atoms with Crippen molar-refractivity contribution in [3.05, 3.63) is 65.9 Å². The molecule has 10 heteroatoms. The van der Waals surface area contributed by atoms with Crippen molar-refractivity contribution in [2.45, 2.75) is 70.1 Å². The van der Waals surface area contributed by atoms with Gasteiger partial charge in [-0.15, -0.1) is 0 Å². The highest BCUT2D eigenvalue weighted by Crippen LogP contribution is 2.39. The highest BCUT2D eigenvalue weighted by atomic mass is 16.5. The van der Waals surface area contributed by atoms with Crippen LogP contribution in [0.2, 0.25) is 0 Å². The molecule has 3 aliphatic rings. The van der Waals surface area contributed by atoms with Crippen LogP contribution in [0.4, 0.5) is 11.6 Å². The van der Waals surface area contributed by atoms with E-state index in [-0.39, 0.29) is 11.9 Å². The zero-order chi connectivity index (χ0) is 33.4.